The number of halogens is 1. The summed E-state index contributed by atoms with van der Waals surface area (Å²) in [5, 5.41) is 0. The molecule has 0 rings (SSSR count). The largest absolute Gasteiger partial charge is 0.463 e. The first-order valence-corrected chi connectivity index (χ1v) is 6.31. The number of hydrogen-bond donors (Lipinski definition) is 0. The summed E-state index contributed by atoms with van der Waals surface area (Å²) in [5.74, 6) is -0.195. The maximum Gasteiger partial charge on any atom is 0.331 e. The fourth-order valence-electron chi connectivity index (χ4n) is 0.904. The summed E-state index contributed by atoms with van der Waals surface area (Å²) in [6, 6.07) is 0. The van der Waals surface area contributed by atoms with E-state index in [1.54, 1.807) is 6.08 Å². The molecule has 14 heavy (non-hydrogen) atoms. The van der Waals surface area contributed by atoms with Crippen LogP contribution in [0.3, 0.4) is 0 Å². The summed E-state index contributed by atoms with van der Waals surface area (Å²) in [7, 11) is 0. The van der Waals surface area contributed by atoms with E-state index in [1.807, 2.05) is 0 Å². The molecule has 0 saturated carbocycles. The molecule has 0 atom stereocenters. The second kappa shape index (κ2) is 9.49. The number of esters is 1. The fourth-order valence-corrected chi connectivity index (χ4v) is 1.54. The Hall–Kier alpha value is -0.0600. The summed E-state index contributed by atoms with van der Waals surface area (Å²) >= 11 is 2.20. The lowest BCUT2D eigenvalue weighted by molar-refractivity contribution is -0.137. The lowest BCUT2D eigenvalue weighted by atomic mass is 10.2. The molecule has 0 aliphatic heterocycles. The number of allylic oxidation sites excluding steroid dienone is 1. The van der Waals surface area contributed by atoms with Gasteiger partial charge in [0.2, 0.25) is 0 Å². The highest BCUT2D eigenvalue weighted by molar-refractivity contribution is 14.1. The molecule has 0 saturated heterocycles. The van der Waals surface area contributed by atoms with Gasteiger partial charge in [0, 0.05) is 6.08 Å². The Kier molecular flexibility index (Phi) is 9.45. The van der Waals surface area contributed by atoms with Gasteiger partial charge in [0.05, 0.1) is 6.61 Å². The molecule has 0 fully saturated rings. The van der Waals surface area contributed by atoms with Crippen molar-refractivity contribution < 1.29 is 9.53 Å². The quantitative estimate of drug-likeness (QED) is 0.309. The first-order valence-electron chi connectivity index (χ1n) is 5.23. The van der Waals surface area contributed by atoms with E-state index < -0.39 is 0 Å². The number of ether oxygens (including phenoxy) is 1. The molecule has 0 radical (unpaired) electrons. The molecule has 0 spiro atoms. The van der Waals surface area contributed by atoms with Crippen LogP contribution in [0.4, 0.5) is 0 Å². The Morgan fingerprint density at radius 1 is 1.29 bits per heavy atom. The van der Waals surface area contributed by atoms with Crippen molar-refractivity contribution in [2.24, 2.45) is 0 Å². The Morgan fingerprint density at radius 2 is 1.93 bits per heavy atom. The lowest BCUT2D eigenvalue weighted by Gasteiger charge is -2.01. The predicted molar refractivity (Wildman–Crippen MR) is 67.5 cm³/mol. The van der Waals surface area contributed by atoms with E-state index in [9.17, 15) is 4.79 Å². The van der Waals surface area contributed by atoms with Crippen molar-refractivity contribution >= 4 is 28.6 Å². The van der Waals surface area contributed by atoms with Crippen molar-refractivity contribution in [1.29, 1.82) is 0 Å². The molecule has 0 unspecified atom stereocenters. The average molecular weight is 310 g/mol. The maximum atomic E-state index is 11.2. The van der Waals surface area contributed by atoms with E-state index in [1.165, 1.54) is 0 Å². The predicted octanol–water partition coefficient (Wildman–Crippen LogP) is 3.84. The summed E-state index contributed by atoms with van der Waals surface area (Å²) in [4.78, 5) is 11.2. The smallest absolute Gasteiger partial charge is 0.331 e. The topological polar surface area (TPSA) is 26.3 Å². The van der Waals surface area contributed by atoms with Crippen molar-refractivity contribution in [1.82, 2.24) is 0 Å². The van der Waals surface area contributed by atoms with Crippen LogP contribution in [0.25, 0.3) is 0 Å². The summed E-state index contributed by atoms with van der Waals surface area (Å²) in [6.45, 7) is 4.77. The van der Waals surface area contributed by atoms with Crippen molar-refractivity contribution in [2.45, 2.75) is 46.0 Å². The van der Waals surface area contributed by atoms with E-state index in [-0.39, 0.29) is 5.97 Å². The monoisotopic (exact) mass is 310 g/mol. The van der Waals surface area contributed by atoms with Gasteiger partial charge in [0.25, 0.3) is 0 Å². The van der Waals surface area contributed by atoms with Gasteiger partial charge in [-0.05, 0) is 45.4 Å². The molecule has 3 heteroatoms. The second-order valence-corrected chi connectivity index (χ2v) is 4.60. The van der Waals surface area contributed by atoms with Crippen molar-refractivity contribution in [2.75, 3.05) is 6.61 Å². The number of unbranched alkanes of at least 4 members (excludes halogenated alkanes) is 2. The molecule has 0 amide bonds. The van der Waals surface area contributed by atoms with Gasteiger partial charge in [0.15, 0.2) is 0 Å². The first-order chi connectivity index (χ1) is 6.70. The van der Waals surface area contributed by atoms with Crippen LogP contribution < -0.4 is 0 Å². The highest BCUT2D eigenvalue weighted by Crippen LogP contribution is 2.14. The van der Waals surface area contributed by atoms with Crippen LogP contribution in [-0.2, 0) is 9.53 Å². The highest BCUT2D eigenvalue weighted by Gasteiger charge is 1.99. The van der Waals surface area contributed by atoms with Crippen molar-refractivity contribution in [3.63, 3.8) is 0 Å². The number of rotatable bonds is 7. The maximum absolute atomic E-state index is 11.2. The number of carbonyl (C=O) groups is 1. The summed E-state index contributed by atoms with van der Waals surface area (Å²) < 4.78 is 6.10. The van der Waals surface area contributed by atoms with Crippen LogP contribution in [0.2, 0.25) is 0 Å². The van der Waals surface area contributed by atoms with Gasteiger partial charge in [-0.1, -0.05) is 26.7 Å². The zero-order valence-corrected chi connectivity index (χ0v) is 11.2. The molecule has 0 aliphatic rings. The van der Waals surface area contributed by atoms with Gasteiger partial charge in [-0.25, -0.2) is 4.79 Å². The normalized spacial score (nSPS) is 11.5. The standard InChI is InChI=1S/C11H19IO2/c1-3-5-7-10(12)9-11(13)14-8-6-4-2/h9H,3-8H2,1-2H3/b10-9+. The van der Waals surface area contributed by atoms with Gasteiger partial charge < -0.3 is 4.74 Å². The third-order valence-corrected chi connectivity index (χ3v) is 2.64. The van der Waals surface area contributed by atoms with Gasteiger partial charge in [-0.15, -0.1) is 0 Å². The van der Waals surface area contributed by atoms with E-state index in [0.29, 0.717) is 6.61 Å². The van der Waals surface area contributed by atoms with Crippen LogP contribution in [0.5, 0.6) is 0 Å². The van der Waals surface area contributed by atoms with E-state index in [2.05, 4.69) is 36.4 Å². The Balaban J connectivity index is 3.66. The Bertz CT molecular complexity index is 188. The highest BCUT2D eigenvalue weighted by atomic mass is 127. The summed E-state index contributed by atoms with van der Waals surface area (Å²) in [6.07, 6.45) is 6.89. The molecule has 0 aromatic carbocycles. The van der Waals surface area contributed by atoms with Crippen LogP contribution in [-0.4, -0.2) is 12.6 Å². The van der Waals surface area contributed by atoms with E-state index in [0.717, 1.165) is 35.7 Å². The molecular weight excluding hydrogens is 291 g/mol. The Labute approximate surface area is 100 Å². The van der Waals surface area contributed by atoms with Crippen LogP contribution in [0.15, 0.2) is 9.66 Å². The van der Waals surface area contributed by atoms with Crippen LogP contribution in [0.1, 0.15) is 46.0 Å². The minimum absolute atomic E-state index is 0.195. The third-order valence-electron chi connectivity index (χ3n) is 1.79. The van der Waals surface area contributed by atoms with Gasteiger partial charge in [0.1, 0.15) is 0 Å². The van der Waals surface area contributed by atoms with Crippen LogP contribution in [0, 0.1) is 0 Å². The minimum atomic E-state index is -0.195. The molecule has 0 heterocycles. The SMILES string of the molecule is CCCCOC(=O)/C=C(/I)CCCC. The molecule has 0 bridgehead atoms. The average Bonchev–Trinajstić information content (AvgIpc) is 2.15. The molecule has 82 valence electrons. The molecule has 0 aromatic rings. The van der Waals surface area contributed by atoms with Crippen molar-refractivity contribution in [3.8, 4) is 0 Å². The molecular formula is C11H19IO2. The fraction of sp³-hybridized carbons (Fsp3) is 0.727. The Morgan fingerprint density at radius 3 is 2.50 bits per heavy atom. The summed E-state index contributed by atoms with van der Waals surface area (Å²) in [5.41, 5.74) is 0. The number of carbonyl (C=O) groups excluding carboxylic acids is 1. The zero-order valence-electron chi connectivity index (χ0n) is 9.01. The molecule has 2 nitrogen and oxygen atoms in total. The lowest BCUT2D eigenvalue weighted by Crippen LogP contribution is -2.02. The van der Waals surface area contributed by atoms with Gasteiger partial charge in [-0.3, -0.25) is 0 Å². The third kappa shape index (κ3) is 8.53. The van der Waals surface area contributed by atoms with Crippen molar-refractivity contribution in [3.05, 3.63) is 9.66 Å². The second-order valence-electron chi connectivity index (χ2n) is 3.22. The van der Waals surface area contributed by atoms with Gasteiger partial charge >= 0.3 is 5.97 Å². The minimum Gasteiger partial charge on any atom is -0.463 e. The van der Waals surface area contributed by atoms with E-state index >= 15 is 0 Å². The van der Waals surface area contributed by atoms with Gasteiger partial charge in [-0.2, -0.15) is 0 Å². The molecule has 0 N–H and O–H groups in total. The molecule has 0 aromatic heterocycles. The van der Waals surface area contributed by atoms with E-state index in [4.69, 9.17) is 4.74 Å². The molecule has 0 aliphatic carbocycles. The zero-order chi connectivity index (χ0) is 10.8. The number of hydrogen-bond acceptors (Lipinski definition) is 2. The van der Waals surface area contributed by atoms with Crippen LogP contribution >= 0.6 is 22.6 Å². The first kappa shape index (κ1) is 13.9.